The zero-order valence-electron chi connectivity index (χ0n) is 11.3. The van der Waals surface area contributed by atoms with Crippen LogP contribution >= 0.6 is 0 Å². The molecule has 0 aromatic carbocycles. The van der Waals surface area contributed by atoms with Gasteiger partial charge in [0.2, 0.25) is 0 Å². The maximum atomic E-state index is 11.8. The van der Waals surface area contributed by atoms with E-state index in [4.69, 9.17) is 4.74 Å². The number of hydrogen-bond acceptors (Lipinski definition) is 4. The van der Waals surface area contributed by atoms with E-state index >= 15 is 0 Å². The number of hydrogen-bond donors (Lipinski definition) is 3. The topological polar surface area (TPSA) is 96.5 Å². The van der Waals surface area contributed by atoms with Crippen molar-refractivity contribution in [3.63, 3.8) is 0 Å². The van der Waals surface area contributed by atoms with Gasteiger partial charge in [-0.3, -0.25) is 20.4 Å². The predicted octanol–water partition coefficient (Wildman–Crippen LogP) is 0.609. The minimum Gasteiger partial charge on any atom is -0.444 e. The lowest BCUT2D eigenvalue weighted by molar-refractivity contribution is -0.175. The van der Waals surface area contributed by atoms with E-state index in [0.717, 1.165) is 0 Å². The molecule has 0 aliphatic heterocycles. The third kappa shape index (κ3) is 7.44. The molecule has 0 heterocycles. The SMILES string of the molecule is C[C@@H](NC(=O)OC(C)(C)C)C(=O)NNC(=O)C(F)(F)F. The van der Waals surface area contributed by atoms with Crippen molar-refractivity contribution in [2.45, 2.75) is 45.5 Å². The van der Waals surface area contributed by atoms with Crippen LogP contribution in [0, 0.1) is 0 Å². The lowest BCUT2D eigenvalue weighted by atomic mass is 10.2. The molecule has 0 aromatic rings. The summed E-state index contributed by atoms with van der Waals surface area (Å²) < 4.78 is 40.4. The van der Waals surface area contributed by atoms with Crippen LogP contribution in [-0.4, -0.2) is 35.7 Å². The summed E-state index contributed by atoms with van der Waals surface area (Å²) in [6, 6.07) is -1.20. The summed E-state index contributed by atoms with van der Waals surface area (Å²) in [6.45, 7) is 6.00. The zero-order chi connectivity index (χ0) is 16.1. The molecule has 116 valence electrons. The Morgan fingerprint density at radius 3 is 1.95 bits per heavy atom. The van der Waals surface area contributed by atoms with E-state index in [1.165, 1.54) is 17.8 Å². The molecule has 0 spiro atoms. The molecule has 3 N–H and O–H groups in total. The van der Waals surface area contributed by atoms with E-state index in [1.807, 2.05) is 0 Å². The fourth-order valence-electron chi connectivity index (χ4n) is 0.847. The standard InChI is InChI=1S/C10H16F3N3O4/c1-5(14-8(19)20-9(2,3)4)6(17)15-16-7(18)10(11,12)13/h5H,1-4H3,(H,14,19)(H,15,17)(H,16,18)/t5-/m1/s1. The van der Waals surface area contributed by atoms with Crippen molar-refractivity contribution in [2.24, 2.45) is 0 Å². The molecule has 1 atom stereocenters. The van der Waals surface area contributed by atoms with Crippen LogP contribution in [-0.2, 0) is 14.3 Å². The molecule has 0 aliphatic carbocycles. The minimum atomic E-state index is -5.12. The first-order chi connectivity index (χ1) is 8.83. The summed E-state index contributed by atoms with van der Waals surface area (Å²) in [4.78, 5) is 33.0. The number of amides is 3. The molecule has 7 nitrogen and oxygen atoms in total. The van der Waals surface area contributed by atoms with Crippen LogP contribution < -0.4 is 16.2 Å². The van der Waals surface area contributed by atoms with Gasteiger partial charge in [0.1, 0.15) is 11.6 Å². The number of rotatable bonds is 2. The molecule has 20 heavy (non-hydrogen) atoms. The Morgan fingerprint density at radius 2 is 1.55 bits per heavy atom. The zero-order valence-corrected chi connectivity index (χ0v) is 11.3. The van der Waals surface area contributed by atoms with Crippen LogP contribution in [0.3, 0.4) is 0 Å². The van der Waals surface area contributed by atoms with E-state index in [1.54, 1.807) is 20.8 Å². The number of nitrogens with one attached hydrogen (secondary N) is 3. The summed E-state index contributed by atoms with van der Waals surface area (Å²) in [5, 5.41) is 2.09. The molecule has 0 aliphatic rings. The molecule has 0 radical (unpaired) electrons. The fourth-order valence-corrected chi connectivity index (χ4v) is 0.847. The Balaban J connectivity index is 4.24. The van der Waals surface area contributed by atoms with Gasteiger partial charge in [-0.1, -0.05) is 0 Å². The smallest absolute Gasteiger partial charge is 0.444 e. The van der Waals surface area contributed by atoms with Crippen molar-refractivity contribution in [2.75, 3.05) is 0 Å². The molecule has 0 unspecified atom stereocenters. The molecular formula is C10H16F3N3O4. The average Bonchev–Trinajstić information content (AvgIpc) is 2.20. The van der Waals surface area contributed by atoms with E-state index in [-0.39, 0.29) is 0 Å². The van der Waals surface area contributed by atoms with Gasteiger partial charge >= 0.3 is 18.2 Å². The first kappa shape index (κ1) is 18.0. The first-order valence-corrected chi connectivity index (χ1v) is 5.49. The number of alkyl halides is 3. The van der Waals surface area contributed by atoms with Gasteiger partial charge in [0.05, 0.1) is 0 Å². The van der Waals surface area contributed by atoms with Crippen LogP contribution in [0.4, 0.5) is 18.0 Å². The second-order valence-electron chi connectivity index (χ2n) is 4.81. The third-order valence-electron chi connectivity index (χ3n) is 1.68. The maximum absolute atomic E-state index is 11.8. The summed E-state index contributed by atoms with van der Waals surface area (Å²) in [6.07, 6.45) is -6.03. The van der Waals surface area contributed by atoms with Crippen molar-refractivity contribution in [1.82, 2.24) is 16.2 Å². The number of halogens is 3. The van der Waals surface area contributed by atoms with Crippen molar-refractivity contribution in [3.8, 4) is 0 Å². The molecule has 0 saturated heterocycles. The van der Waals surface area contributed by atoms with Gasteiger partial charge in [0.15, 0.2) is 0 Å². The van der Waals surface area contributed by atoms with Crippen molar-refractivity contribution in [3.05, 3.63) is 0 Å². The summed E-state index contributed by atoms with van der Waals surface area (Å²) in [7, 11) is 0. The minimum absolute atomic E-state index is 0.787. The van der Waals surface area contributed by atoms with Crippen molar-refractivity contribution >= 4 is 17.9 Å². The molecule has 0 saturated carbocycles. The fraction of sp³-hybridized carbons (Fsp3) is 0.700. The van der Waals surface area contributed by atoms with E-state index in [9.17, 15) is 27.6 Å². The Labute approximate surface area is 113 Å². The molecular weight excluding hydrogens is 283 g/mol. The van der Waals surface area contributed by atoms with Gasteiger partial charge < -0.3 is 10.1 Å². The second-order valence-corrected chi connectivity index (χ2v) is 4.81. The van der Waals surface area contributed by atoms with E-state index < -0.39 is 35.7 Å². The van der Waals surface area contributed by atoms with Crippen LogP contribution in [0.25, 0.3) is 0 Å². The lowest BCUT2D eigenvalue weighted by Gasteiger charge is -2.21. The highest BCUT2D eigenvalue weighted by molar-refractivity contribution is 5.88. The van der Waals surface area contributed by atoms with Crippen molar-refractivity contribution < 1.29 is 32.3 Å². The highest BCUT2D eigenvalue weighted by atomic mass is 19.4. The molecule has 0 fully saturated rings. The van der Waals surface area contributed by atoms with Gasteiger partial charge in [0, 0.05) is 0 Å². The molecule has 0 bridgehead atoms. The highest BCUT2D eigenvalue weighted by Gasteiger charge is 2.39. The van der Waals surface area contributed by atoms with Gasteiger partial charge in [0.25, 0.3) is 5.91 Å². The Kier molecular flexibility index (Phi) is 5.79. The predicted molar refractivity (Wildman–Crippen MR) is 61.2 cm³/mol. The molecule has 0 rings (SSSR count). The molecule has 10 heteroatoms. The third-order valence-corrected chi connectivity index (χ3v) is 1.68. The summed E-state index contributed by atoms with van der Waals surface area (Å²) in [5.74, 6) is -3.36. The Morgan fingerprint density at radius 1 is 1.05 bits per heavy atom. The lowest BCUT2D eigenvalue weighted by Crippen LogP contribution is -2.54. The molecule has 0 aromatic heterocycles. The Bertz CT molecular complexity index is 390. The number of ether oxygens (including phenoxy) is 1. The highest BCUT2D eigenvalue weighted by Crippen LogP contribution is 2.13. The first-order valence-electron chi connectivity index (χ1n) is 5.49. The van der Waals surface area contributed by atoms with E-state index in [2.05, 4.69) is 5.32 Å². The Hall–Kier alpha value is -2.00. The number of carbonyl (C=O) groups excluding carboxylic acids is 3. The number of alkyl carbamates (subject to hydrolysis) is 1. The van der Waals surface area contributed by atoms with Gasteiger partial charge in [-0.05, 0) is 27.7 Å². The van der Waals surface area contributed by atoms with Crippen LogP contribution in [0.1, 0.15) is 27.7 Å². The second kappa shape index (κ2) is 6.44. The largest absolute Gasteiger partial charge is 0.472 e. The molecule has 3 amide bonds. The van der Waals surface area contributed by atoms with Gasteiger partial charge in [-0.25, -0.2) is 4.79 Å². The normalized spacial score (nSPS) is 13.2. The summed E-state index contributed by atoms with van der Waals surface area (Å²) in [5.41, 5.74) is 1.91. The van der Waals surface area contributed by atoms with Crippen LogP contribution in [0.2, 0.25) is 0 Å². The van der Waals surface area contributed by atoms with E-state index in [0.29, 0.717) is 0 Å². The maximum Gasteiger partial charge on any atom is 0.472 e. The van der Waals surface area contributed by atoms with Gasteiger partial charge in [-0.15, -0.1) is 0 Å². The van der Waals surface area contributed by atoms with Crippen LogP contribution in [0.15, 0.2) is 0 Å². The summed E-state index contributed by atoms with van der Waals surface area (Å²) >= 11 is 0. The van der Waals surface area contributed by atoms with Gasteiger partial charge in [-0.2, -0.15) is 13.2 Å². The van der Waals surface area contributed by atoms with Crippen LogP contribution in [0.5, 0.6) is 0 Å². The van der Waals surface area contributed by atoms with Crippen molar-refractivity contribution in [1.29, 1.82) is 0 Å². The quantitative estimate of drug-likeness (QED) is 0.651. The number of hydrazine groups is 1. The number of carbonyl (C=O) groups is 3. The monoisotopic (exact) mass is 299 g/mol. The average molecular weight is 299 g/mol.